The normalized spacial score (nSPS) is 47.3. The van der Waals surface area contributed by atoms with Crippen LogP contribution in [0.25, 0.3) is 0 Å². The van der Waals surface area contributed by atoms with Crippen molar-refractivity contribution in [2.75, 3.05) is 13.2 Å². The zero-order valence-corrected chi connectivity index (χ0v) is 6.95. The molecule has 0 saturated carbocycles. The molecule has 1 rings (SSSR count). The highest BCUT2D eigenvalue weighted by Crippen LogP contribution is 2.15. The highest BCUT2D eigenvalue weighted by Gasteiger charge is 2.38. The number of aliphatic hydroxyl groups is 5. The molecule has 1 heterocycles. The Hall–Kier alpha value is -0.240. The Morgan fingerprint density at radius 1 is 1.00 bits per heavy atom. The van der Waals surface area contributed by atoms with Crippen LogP contribution >= 0.6 is 0 Å². The predicted molar refractivity (Wildman–Crippen MR) is 40.9 cm³/mol. The lowest BCUT2D eigenvalue weighted by atomic mass is 10.0. The van der Waals surface area contributed by atoms with Crippen LogP contribution in [0.4, 0.5) is 0 Å². The molecule has 6 heteroatoms. The summed E-state index contributed by atoms with van der Waals surface area (Å²) >= 11 is 0. The molecule has 0 amide bonds. The van der Waals surface area contributed by atoms with Gasteiger partial charge in [0.05, 0.1) is 13.2 Å². The molecule has 1 fully saturated rings. The average molecular weight is 194 g/mol. The van der Waals surface area contributed by atoms with E-state index >= 15 is 0 Å². The molecule has 0 radical (unpaired) electrons. The number of rotatable bonds is 1. The van der Waals surface area contributed by atoms with Gasteiger partial charge < -0.3 is 30.3 Å². The summed E-state index contributed by atoms with van der Waals surface area (Å²) in [6, 6.07) is 0. The van der Waals surface area contributed by atoms with Gasteiger partial charge in [-0.05, 0) is 0 Å². The average Bonchev–Trinajstić information content (AvgIpc) is 2.22. The van der Waals surface area contributed by atoms with Crippen molar-refractivity contribution in [1.82, 2.24) is 0 Å². The fraction of sp³-hybridized carbons (Fsp3) is 1.00. The summed E-state index contributed by atoms with van der Waals surface area (Å²) in [4.78, 5) is 0. The van der Waals surface area contributed by atoms with E-state index in [4.69, 9.17) is 14.9 Å². The second kappa shape index (κ2) is 4.32. The lowest BCUT2D eigenvalue weighted by molar-refractivity contribution is -0.109. The molecule has 1 saturated heterocycles. The molecule has 6 nitrogen and oxygen atoms in total. The van der Waals surface area contributed by atoms with Gasteiger partial charge in [0.2, 0.25) is 0 Å². The Bertz CT molecular complexity index is 161. The van der Waals surface area contributed by atoms with Crippen LogP contribution in [-0.4, -0.2) is 69.3 Å². The van der Waals surface area contributed by atoms with Crippen molar-refractivity contribution in [3.8, 4) is 0 Å². The van der Waals surface area contributed by atoms with Crippen LogP contribution < -0.4 is 0 Å². The minimum absolute atomic E-state index is 0.222. The summed E-state index contributed by atoms with van der Waals surface area (Å²) in [7, 11) is 0. The van der Waals surface area contributed by atoms with Crippen molar-refractivity contribution in [3.05, 3.63) is 0 Å². The SMILES string of the molecule is OCC1OC[C@@H](O)C(O)[C@H](O)[C@H]1O. The number of hydrogen-bond acceptors (Lipinski definition) is 6. The Morgan fingerprint density at radius 2 is 1.62 bits per heavy atom. The van der Waals surface area contributed by atoms with Gasteiger partial charge in [-0.3, -0.25) is 0 Å². The van der Waals surface area contributed by atoms with Gasteiger partial charge >= 0.3 is 0 Å². The van der Waals surface area contributed by atoms with Gasteiger partial charge in [0.25, 0.3) is 0 Å². The molecule has 0 aromatic carbocycles. The number of aliphatic hydroxyl groups excluding tert-OH is 5. The zero-order chi connectivity index (χ0) is 10.0. The van der Waals surface area contributed by atoms with E-state index in [2.05, 4.69) is 0 Å². The molecule has 2 unspecified atom stereocenters. The van der Waals surface area contributed by atoms with E-state index in [0.717, 1.165) is 0 Å². The van der Waals surface area contributed by atoms with Gasteiger partial charge in [-0.25, -0.2) is 0 Å². The minimum Gasteiger partial charge on any atom is -0.394 e. The van der Waals surface area contributed by atoms with Gasteiger partial charge in [0.15, 0.2) is 0 Å². The fourth-order valence-electron chi connectivity index (χ4n) is 1.23. The lowest BCUT2D eigenvalue weighted by Gasteiger charge is -2.23. The summed E-state index contributed by atoms with van der Waals surface area (Å²) in [5.41, 5.74) is 0. The smallest absolute Gasteiger partial charge is 0.111 e. The quantitative estimate of drug-likeness (QED) is 0.301. The van der Waals surface area contributed by atoms with Crippen molar-refractivity contribution < 1.29 is 30.3 Å². The minimum atomic E-state index is -1.50. The lowest BCUT2D eigenvalue weighted by Crippen LogP contribution is -2.46. The Labute approximate surface area is 75.0 Å². The van der Waals surface area contributed by atoms with E-state index < -0.39 is 37.1 Å². The van der Waals surface area contributed by atoms with E-state index in [1.807, 2.05) is 0 Å². The molecular weight excluding hydrogens is 180 g/mol. The third-order valence-corrected chi connectivity index (χ3v) is 2.14. The standard InChI is InChI=1S/C7H14O6/c8-1-4-6(11)7(12)5(10)3(9)2-13-4/h3-12H,1-2H2/t3-,4?,5?,6+,7+/m1/s1. The Morgan fingerprint density at radius 3 is 2.15 bits per heavy atom. The van der Waals surface area contributed by atoms with Crippen LogP contribution in [0.3, 0.4) is 0 Å². The van der Waals surface area contributed by atoms with Crippen LogP contribution in [0.2, 0.25) is 0 Å². The van der Waals surface area contributed by atoms with E-state index in [-0.39, 0.29) is 6.61 Å². The summed E-state index contributed by atoms with van der Waals surface area (Å²) in [5, 5.41) is 45.6. The van der Waals surface area contributed by atoms with Crippen molar-refractivity contribution in [2.45, 2.75) is 30.5 Å². The second-order valence-corrected chi connectivity index (χ2v) is 3.09. The van der Waals surface area contributed by atoms with Gasteiger partial charge in [0, 0.05) is 0 Å². The summed E-state index contributed by atoms with van der Waals surface area (Å²) in [6.07, 6.45) is -6.57. The van der Waals surface area contributed by atoms with Crippen molar-refractivity contribution in [1.29, 1.82) is 0 Å². The van der Waals surface area contributed by atoms with Crippen LogP contribution in [0.1, 0.15) is 0 Å². The molecule has 5 atom stereocenters. The first kappa shape index (κ1) is 10.8. The van der Waals surface area contributed by atoms with Gasteiger partial charge in [0.1, 0.15) is 30.5 Å². The molecule has 13 heavy (non-hydrogen) atoms. The maximum Gasteiger partial charge on any atom is 0.111 e. The molecule has 1 aliphatic rings. The third kappa shape index (κ3) is 2.16. The van der Waals surface area contributed by atoms with Crippen LogP contribution in [0.15, 0.2) is 0 Å². The molecule has 0 aromatic rings. The fourth-order valence-corrected chi connectivity index (χ4v) is 1.23. The predicted octanol–water partition coefficient (Wildman–Crippen LogP) is -3.18. The zero-order valence-electron chi connectivity index (χ0n) is 6.95. The first-order valence-electron chi connectivity index (χ1n) is 4.02. The molecule has 0 aliphatic carbocycles. The third-order valence-electron chi connectivity index (χ3n) is 2.14. The largest absolute Gasteiger partial charge is 0.394 e. The molecule has 1 aliphatic heterocycles. The molecule has 0 aromatic heterocycles. The monoisotopic (exact) mass is 194 g/mol. The Balaban J connectivity index is 2.69. The highest BCUT2D eigenvalue weighted by molar-refractivity contribution is 4.88. The highest BCUT2D eigenvalue weighted by atomic mass is 16.5. The van der Waals surface area contributed by atoms with E-state index in [1.165, 1.54) is 0 Å². The van der Waals surface area contributed by atoms with Crippen molar-refractivity contribution >= 4 is 0 Å². The van der Waals surface area contributed by atoms with Crippen molar-refractivity contribution in [2.24, 2.45) is 0 Å². The van der Waals surface area contributed by atoms with E-state index in [0.29, 0.717) is 0 Å². The molecule has 5 N–H and O–H groups in total. The summed E-state index contributed by atoms with van der Waals surface area (Å²) in [5.74, 6) is 0. The summed E-state index contributed by atoms with van der Waals surface area (Å²) < 4.78 is 4.85. The van der Waals surface area contributed by atoms with E-state index in [1.54, 1.807) is 0 Å². The number of ether oxygens (including phenoxy) is 1. The number of hydrogen-bond donors (Lipinski definition) is 5. The van der Waals surface area contributed by atoms with Gasteiger partial charge in [-0.15, -0.1) is 0 Å². The molecular formula is C7H14O6. The molecule has 0 bridgehead atoms. The molecule has 0 spiro atoms. The first-order chi connectivity index (χ1) is 6.07. The maximum absolute atomic E-state index is 9.30. The van der Waals surface area contributed by atoms with Crippen LogP contribution in [-0.2, 0) is 4.74 Å². The molecule has 78 valence electrons. The van der Waals surface area contributed by atoms with E-state index in [9.17, 15) is 15.3 Å². The van der Waals surface area contributed by atoms with Gasteiger partial charge in [-0.2, -0.15) is 0 Å². The Kier molecular flexibility index (Phi) is 3.60. The van der Waals surface area contributed by atoms with Crippen molar-refractivity contribution in [3.63, 3.8) is 0 Å². The van der Waals surface area contributed by atoms with Crippen LogP contribution in [0.5, 0.6) is 0 Å². The van der Waals surface area contributed by atoms with Crippen LogP contribution in [0, 0.1) is 0 Å². The second-order valence-electron chi connectivity index (χ2n) is 3.09. The summed E-state index contributed by atoms with van der Waals surface area (Å²) in [6.45, 7) is -0.696. The first-order valence-corrected chi connectivity index (χ1v) is 4.02. The van der Waals surface area contributed by atoms with Gasteiger partial charge in [-0.1, -0.05) is 0 Å². The topological polar surface area (TPSA) is 110 Å². The maximum atomic E-state index is 9.30.